The first-order chi connectivity index (χ1) is 12.5. The molecule has 0 amide bonds. The third kappa shape index (κ3) is 3.01. The average molecular weight is 379 g/mol. The molecule has 2 fully saturated rings. The normalized spacial score (nSPS) is 23.5. The summed E-state index contributed by atoms with van der Waals surface area (Å²) in [5.41, 5.74) is 1.27. The zero-order valence-electron chi connectivity index (χ0n) is 14.9. The van der Waals surface area contributed by atoms with E-state index in [1.54, 1.807) is 12.3 Å². The van der Waals surface area contributed by atoms with E-state index in [2.05, 4.69) is 11.9 Å². The van der Waals surface area contributed by atoms with Crippen molar-refractivity contribution in [2.45, 2.75) is 23.8 Å². The zero-order chi connectivity index (χ0) is 18.4. The maximum Gasteiger partial charge on any atom is 0.348 e. The summed E-state index contributed by atoms with van der Waals surface area (Å²) in [6.07, 6.45) is 3.62. The van der Waals surface area contributed by atoms with Gasteiger partial charge in [0.05, 0.1) is 34.2 Å². The largest absolute Gasteiger partial charge is 0.465 e. The Morgan fingerprint density at radius 2 is 1.88 bits per heavy atom. The highest BCUT2D eigenvalue weighted by molar-refractivity contribution is 7.90. The molecule has 1 aromatic carbocycles. The molecule has 140 valence electrons. The molecular formula is C18H22FN3O3S. The van der Waals surface area contributed by atoms with Crippen LogP contribution in [0, 0.1) is 5.82 Å². The monoisotopic (exact) mass is 379 g/mol. The number of hydrogen-bond acceptors (Lipinski definition) is 6. The van der Waals surface area contributed by atoms with Gasteiger partial charge in [-0.2, -0.15) is 0 Å². The van der Waals surface area contributed by atoms with E-state index >= 15 is 0 Å². The van der Waals surface area contributed by atoms with Crippen molar-refractivity contribution in [3.8, 4) is 0 Å². The lowest BCUT2D eigenvalue weighted by Gasteiger charge is -2.36. The van der Waals surface area contributed by atoms with Crippen LogP contribution in [-0.2, 0) is 20.3 Å². The lowest BCUT2D eigenvalue weighted by atomic mass is 10.2. The Bertz CT molecular complexity index is 801. The fourth-order valence-electron chi connectivity index (χ4n) is 3.42. The van der Waals surface area contributed by atoms with Crippen molar-refractivity contribution in [3.05, 3.63) is 29.1 Å². The average Bonchev–Trinajstić information content (AvgIpc) is 3.47. The van der Waals surface area contributed by atoms with Gasteiger partial charge >= 0.3 is 5.97 Å². The third-order valence-corrected chi connectivity index (χ3v) is 6.53. The van der Waals surface area contributed by atoms with Gasteiger partial charge in [-0.05, 0) is 32.0 Å². The Kier molecular flexibility index (Phi) is 4.48. The Morgan fingerprint density at radius 3 is 2.50 bits per heavy atom. The highest BCUT2D eigenvalue weighted by atomic mass is 32.2. The molecule has 1 aromatic rings. The van der Waals surface area contributed by atoms with Crippen LogP contribution in [0.5, 0.6) is 0 Å². The molecule has 0 radical (unpaired) electrons. The standard InChI is InChI=1S/C18H22FN3O3S/c1-20-5-7-21(8-6-20)14-10-15-16(9-13(14)19)26(24)17(18(23)25-2)11-22(15)12-3-4-12/h9-12H,3-8H2,1-2H3. The predicted octanol–water partition coefficient (Wildman–Crippen LogP) is 1.68. The molecule has 0 N–H and O–H groups in total. The Balaban J connectivity index is 1.75. The van der Waals surface area contributed by atoms with Crippen molar-refractivity contribution in [3.63, 3.8) is 0 Å². The highest BCUT2D eigenvalue weighted by Gasteiger charge is 2.37. The third-order valence-electron chi connectivity index (χ3n) is 5.13. The number of fused-ring (bicyclic) bond motifs is 1. The zero-order valence-corrected chi connectivity index (χ0v) is 15.7. The number of halogens is 1. The molecule has 0 aromatic heterocycles. The topological polar surface area (TPSA) is 53.1 Å². The second-order valence-electron chi connectivity index (χ2n) is 6.95. The lowest BCUT2D eigenvalue weighted by Crippen LogP contribution is -2.45. The van der Waals surface area contributed by atoms with Crippen LogP contribution in [0.25, 0.3) is 0 Å². The molecule has 1 atom stereocenters. The second-order valence-corrected chi connectivity index (χ2v) is 8.37. The van der Waals surface area contributed by atoms with E-state index in [0.717, 1.165) is 44.7 Å². The van der Waals surface area contributed by atoms with Gasteiger partial charge < -0.3 is 19.4 Å². The predicted molar refractivity (Wildman–Crippen MR) is 98.1 cm³/mol. The van der Waals surface area contributed by atoms with Gasteiger partial charge in [0.1, 0.15) is 10.7 Å². The molecule has 26 heavy (non-hydrogen) atoms. The van der Waals surface area contributed by atoms with Crippen molar-refractivity contribution < 1.29 is 18.1 Å². The molecule has 6 nitrogen and oxygen atoms in total. The maximum absolute atomic E-state index is 14.8. The molecule has 3 aliphatic rings. The van der Waals surface area contributed by atoms with Crippen molar-refractivity contribution in [1.82, 2.24) is 4.90 Å². The Labute approximate surface area is 154 Å². The first kappa shape index (κ1) is 17.5. The van der Waals surface area contributed by atoms with Crippen molar-refractivity contribution in [2.75, 3.05) is 50.1 Å². The fourth-order valence-corrected chi connectivity index (χ4v) is 4.66. The van der Waals surface area contributed by atoms with Crippen LogP contribution in [0.15, 0.2) is 28.1 Å². The summed E-state index contributed by atoms with van der Waals surface area (Å²) in [7, 11) is 1.57. The van der Waals surface area contributed by atoms with E-state index in [0.29, 0.717) is 10.6 Å². The minimum absolute atomic E-state index is 0.0682. The summed E-state index contributed by atoms with van der Waals surface area (Å²) >= 11 is 0. The number of rotatable bonds is 3. The maximum atomic E-state index is 14.8. The summed E-state index contributed by atoms with van der Waals surface area (Å²) in [6, 6.07) is 3.37. The first-order valence-corrected chi connectivity index (χ1v) is 9.92. The lowest BCUT2D eigenvalue weighted by molar-refractivity contribution is -0.135. The number of methoxy groups -OCH3 is 1. The van der Waals surface area contributed by atoms with E-state index in [-0.39, 0.29) is 10.9 Å². The SMILES string of the molecule is COC(=O)C1=CN(C2CC2)c2cc(N3CCN(C)CC3)c(F)cc2S1=O. The van der Waals surface area contributed by atoms with Gasteiger partial charge in [-0.1, -0.05) is 0 Å². The Hall–Kier alpha value is -1.93. The van der Waals surface area contributed by atoms with Crippen molar-refractivity contribution in [2.24, 2.45) is 0 Å². The van der Waals surface area contributed by atoms with Crippen LogP contribution in [0.3, 0.4) is 0 Å². The summed E-state index contributed by atoms with van der Waals surface area (Å²) < 4.78 is 32.4. The summed E-state index contributed by atoms with van der Waals surface area (Å²) in [5.74, 6) is -1.04. The van der Waals surface area contributed by atoms with Gasteiger partial charge in [-0.25, -0.2) is 13.4 Å². The summed E-state index contributed by atoms with van der Waals surface area (Å²) in [6.45, 7) is 3.26. The molecular weight excluding hydrogens is 357 g/mol. The number of benzene rings is 1. The number of hydrogen-bond donors (Lipinski definition) is 0. The van der Waals surface area contributed by atoms with Gasteiger partial charge in [-0.3, -0.25) is 0 Å². The number of ether oxygens (including phenoxy) is 1. The molecule has 1 saturated carbocycles. The van der Waals surface area contributed by atoms with Crippen LogP contribution < -0.4 is 9.80 Å². The number of carbonyl (C=O) groups excluding carboxylic acids is 1. The van der Waals surface area contributed by atoms with E-state index in [1.165, 1.54) is 13.2 Å². The highest BCUT2D eigenvalue weighted by Crippen LogP contribution is 2.42. The van der Waals surface area contributed by atoms with Gasteiger partial charge in [0.15, 0.2) is 0 Å². The van der Waals surface area contributed by atoms with Crippen molar-refractivity contribution >= 4 is 28.1 Å². The molecule has 1 aliphatic carbocycles. The van der Waals surface area contributed by atoms with Crippen LogP contribution in [0.4, 0.5) is 15.8 Å². The number of piperazine rings is 1. The van der Waals surface area contributed by atoms with E-state index in [9.17, 15) is 13.4 Å². The summed E-state index contributed by atoms with van der Waals surface area (Å²) in [5, 5.41) is 0. The second kappa shape index (κ2) is 6.66. The minimum atomic E-state index is -1.74. The van der Waals surface area contributed by atoms with Crippen LogP contribution >= 0.6 is 0 Å². The van der Waals surface area contributed by atoms with Gasteiger partial charge in [0.25, 0.3) is 0 Å². The molecule has 0 spiro atoms. The number of carbonyl (C=O) groups is 1. The quantitative estimate of drug-likeness (QED) is 0.745. The number of nitrogens with zero attached hydrogens (tertiary/aromatic N) is 3. The van der Waals surface area contributed by atoms with E-state index in [1.807, 2.05) is 9.80 Å². The van der Waals surface area contributed by atoms with E-state index in [4.69, 9.17) is 4.74 Å². The number of anilines is 2. The van der Waals surface area contributed by atoms with Crippen LogP contribution in [0.1, 0.15) is 12.8 Å². The van der Waals surface area contributed by atoms with E-state index < -0.39 is 22.6 Å². The van der Waals surface area contributed by atoms with Gasteiger partial charge in [-0.15, -0.1) is 0 Å². The molecule has 8 heteroatoms. The molecule has 4 rings (SSSR count). The summed E-state index contributed by atoms with van der Waals surface area (Å²) in [4.78, 5) is 18.6. The minimum Gasteiger partial charge on any atom is -0.465 e. The first-order valence-electron chi connectivity index (χ1n) is 8.77. The molecule has 1 saturated heterocycles. The molecule has 1 unspecified atom stereocenters. The molecule has 2 heterocycles. The smallest absolute Gasteiger partial charge is 0.348 e. The van der Waals surface area contributed by atoms with Crippen molar-refractivity contribution in [1.29, 1.82) is 0 Å². The fraction of sp³-hybridized carbons (Fsp3) is 0.500. The van der Waals surface area contributed by atoms with Gasteiger partial charge in [0.2, 0.25) is 0 Å². The Morgan fingerprint density at radius 1 is 1.19 bits per heavy atom. The number of likely N-dealkylation sites (N-methyl/N-ethyl adjacent to an activating group) is 1. The molecule has 2 aliphatic heterocycles. The molecule has 0 bridgehead atoms. The van der Waals surface area contributed by atoms with Gasteiger partial charge in [0, 0.05) is 38.4 Å². The van der Waals surface area contributed by atoms with Crippen LogP contribution in [0.2, 0.25) is 0 Å². The number of esters is 1. The van der Waals surface area contributed by atoms with Crippen LogP contribution in [-0.4, -0.2) is 61.5 Å².